The Morgan fingerprint density at radius 1 is 1.50 bits per heavy atom. The fourth-order valence-corrected chi connectivity index (χ4v) is 3.13. The molecule has 3 unspecified atom stereocenters. The number of rotatable bonds is 0. The van der Waals surface area contributed by atoms with E-state index in [1.165, 1.54) is 24.1 Å². The minimum Gasteiger partial charge on any atom is -0.313 e. The Morgan fingerprint density at radius 2 is 2.31 bits per heavy atom. The number of fused-ring (bicyclic) bond motifs is 3. The van der Waals surface area contributed by atoms with Gasteiger partial charge in [0.05, 0.1) is 0 Å². The molecule has 1 saturated heterocycles. The van der Waals surface area contributed by atoms with Crippen LogP contribution in [0.5, 0.6) is 0 Å². The minimum atomic E-state index is 0.201. The van der Waals surface area contributed by atoms with Gasteiger partial charge in [0.2, 0.25) is 5.91 Å². The average molecular weight is 217 g/mol. The molecule has 0 bridgehead atoms. The number of carbonyl (C=O) groups excluding carboxylic acids is 1. The molecule has 1 saturated carbocycles. The van der Waals surface area contributed by atoms with Gasteiger partial charge in [-0.15, -0.1) is 0 Å². The normalized spacial score (nSPS) is 36.6. The third kappa shape index (κ3) is 1.51. The lowest BCUT2D eigenvalue weighted by Gasteiger charge is -2.28. The van der Waals surface area contributed by atoms with Crippen molar-refractivity contribution < 1.29 is 4.79 Å². The molecule has 3 rings (SSSR count). The largest absolute Gasteiger partial charge is 0.313 e. The Morgan fingerprint density at radius 3 is 3.06 bits per heavy atom. The highest BCUT2D eigenvalue weighted by molar-refractivity contribution is 5.77. The zero-order valence-electron chi connectivity index (χ0n) is 10.1. The summed E-state index contributed by atoms with van der Waals surface area (Å²) in [5.41, 5.74) is 2.70. The number of likely N-dealkylation sites (tertiary alicyclic amines) is 1. The molecular weight excluding hydrogens is 198 g/mol. The third-order valence-electron chi connectivity index (χ3n) is 4.16. The molecule has 0 N–H and O–H groups in total. The number of hydrogen-bond acceptors (Lipinski definition) is 1. The van der Waals surface area contributed by atoms with Gasteiger partial charge < -0.3 is 4.90 Å². The SMILES string of the molecule is CC(=O)N1CCC2CC2C2=CCC(C)C=C21. The van der Waals surface area contributed by atoms with Crippen molar-refractivity contribution in [1.29, 1.82) is 0 Å². The van der Waals surface area contributed by atoms with Crippen LogP contribution >= 0.6 is 0 Å². The Hall–Kier alpha value is -1.05. The van der Waals surface area contributed by atoms with Crippen LogP contribution in [-0.4, -0.2) is 17.4 Å². The molecule has 0 aromatic heterocycles. The molecule has 1 amide bonds. The molecule has 0 aromatic carbocycles. The first kappa shape index (κ1) is 10.1. The van der Waals surface area contributed by atoms with Crippen molar-refractivity contribution in [2.45, 2.75) is 33.1 Å². The second-order valence-electron chi connectivity index (χ2n) is 5.49. The molecule has 1 heterocycles. The summed E-state index contributed by atoms with van der Waals surface area (Å²) in [5.74, 6) is 2.40. The monoisotopic (exact) mass is 217 g/mol. The van der Waals surface area contributed by atoms with Crippen LogP contribution in [0.2, 0.25) is 0 Å². The van der Waals surface area contributed by atoms with Gasteiger partial charge in [0.15, 0.2) is 0 Å². The summed E-state index contributed by atoms with van der Waals surface area (Å²) in [4.78, 5) is 13.7. The van der Waals surface area contributed by atoms with Crippen molar-refractivity contribution in [2.75, 3.05) is 6.54 Å². The van der Waals surface area contributed by atoms with Crippen molar-refractivity contribution >= 4 is 5.91 Å². The van der Waals surface area contributed by atoms with E-state index in [9.17, 15) is 4.79 Å². The predicted molar refractivity (Wildman–Crippen MR) is 63.5 cm³/mol. The van der Waals surface area contributed by atoms with Crippen LogP contribution in [0.1, 0.15) is 33.1 Å². The smallest absolute Gasteiger partial charge is 0.223 e. The summed E-state index contributed by atoms with van der Waals surface area (Å²) >= 11 is 0. The summed E-state index contributed by atoms with van der Waals surface area (Å²) in [6.07, 6.45) is 8.37. The number of hydrogen-bond donors (Lipinski definition) is 0. The molecule has 0 spiro atoms. The molecule has 3 atom stereocenters. The van der Waals surface area contributed by atoms with Crippen LogP contribution in [0.3, 0.4) is 0 Å². The number of allylic oxidation sites excluding steroid dienone is 3. The van der Waals surface area contributed by atoms with E-state index >= 15 is 0 Å². The number of amides is 1. The highest BCUT2D eigenvalue weighted by atomic mass is 16.2. The first-order chi connectivity index (χ1) is 7.66. The topological polar surface area (TPSA) is 20.3 Å². The molecule has 0 radical (unpaired) electrons. The zero-order chi connectivity index (χ0) is 11.3. The van der Waals surface area contributed by atoms with Gasteiger partial charge in [-0.3, -0.25) is 4.79 Å². The van der Waals surface area contributed by atoms with Gasteiger partial charge in [0, 0.05) is 19.2 Å². The van der Waals surface area contributed by atoms with Crippen molar-refractivity contribution in [3.63, 3.8) is 0 Å². The van der Waals surface area contributed by atoms with Crippen molar-refractivity contribution in [3.8, 4) is 0 Å². The maximum atomic E-state index is 11.7. The summed E-state index contributed by atoms with van der Waals surface area (Å²) in [6, 6.07) is 0. The van der Waals surface area contributed by atoms with Crippen LogP contribution in [0.4, 0.5) is 0 Å². The summed E-state index contributed by atoms with van der Waals surface area (Å²) in [5, 5.41) is 0. The highest BCUT2D eigenvalue weighted by Gasteiger charge is 2.45. The Balaban J connectivity index is 1.98. The van der Waals surface area contributed by atoms with E-state index in [-0.39, 0.29) is 5.91 Å². The number of nitrogens with zero attached hydrogens (tertiary/aromatic N) is 1. The van der Waals surface area contributed by atoms with Gasteiger partial charge in [-0.1, -0.05) is 19.1 Å². The summed E-state index contributed by atoms with van der Waals surface area (Å²) in [7, 11) is 0. The molecule has 16 heavy (non-hydrogen) atoms. The van der Waals surface area contributed by atoms with Gasteiger partial charge in [0.25, 0.3) is 0 Å². The van der Waals surface area contributed by atoms with Gasteiger partial charge in [-0.05, 0) is 42.6 Å². The molecule has 0 aromatic rings. The fraction of sp³-hybridized carbons (Fsp3) is 0.643. The van der Waals surface area contributed by atoms with Gasteiger partial charge in [-0.25, -0.2) is 0 Å². The van der Waals surface area contributed by atoms with E-state index in [2.05, 4.69) is 19.1 Å². The van der Waals surface area contributed by atoms with Gasteiger partial charge in [-0.2, -0.15) is 0 Å². The van der Waals surface area contributed by atoms with E-state index in [1.807, 2.05) is 4.90 Å². The van der Waals surface area contributed by atoms with Crippen LogP contribution in [-0.2, 0) is 4.79 Å². The van der Waals surface area contributed by atoms with Gasteiger partial charge >= 0.3 is 0 Å². The molecule has 2 aliphatic carbocycles. The van der Waals surface area contributed by atoms with Crippen molar-refractivity contribution in [1.82, 2.24) is 4.90 Å². The maximum absolute atomic E-state index is 11.7. The number of carbonyl (C=O) groups is 1. The first-order valence-electron chi connectivity index (χ1n) is 6.37. The standard InChI is InChI=1S/C14H19NO/c1-9-3-4-12-13-8-11(13)5-6-15(10(2)16)14(12)7-9/h4,7,9,11,13H,3,5-6,8H2,1-2H3. The zero-order valence-corrected chi connectivity index (χ0v) is 10.1. The molecular formula is C14H19NO. The van der Waals surface area contributed by atoms with Crippen molar-refractivity contribution in [3.05, 3.63) is 23.4 Å². The highest BCUT2D eigenvalue weighted by Crippen LogP contribution is 2.52. The average Bonchev–Trinajstić information content (AvgIpc) is 2.96. The van der Waals surface area contributed by atoms with E-state index < -0.39 is 0 Å². The Kier molecular flexibility index (Phi) is 2.20. The van der Waals surface area contributed by atoms with E-state index in [0.29, 0.717) is 5.92 Å². The molecule has 3 aliphatic rings. The van der Waals surface area contributed by atoms with Crippen LogP contribution in [0.25, 0.3) is 0 Å². The Bertz CT molecular complexity index is 394. The van der Waals surface area contributed by atoms with E-state index in [0.717, 1.165) is 24.8 Å². The van der Waals surface area contributed by atoms with Gasteiger partial charge in [0.1, 0.15) is 0 Å². The Labute approximate surface area is 97.0 Å². The van der Waals surface area contributed by atoms with E-state index in [4.69, 9.17) is 0 Å². The summed E-state index contributed by atoms with van der Waals surface area (Å²) in [6.45, 7) is 4.84. The second-order valence-corrected chi connectivity index (χ2v) is 5.49. The molecule has 2 fully saturated rings. The first-order valence-corrected chi connectivity index (χ1v) is 6.37. The lowest BCUT2D eigenvalue weighted by molar-refractivity contribution is -0.126. The molecule has 86 valence electrons. The molecule has 1 aliphatic heterocycles. The minimum absolute atomic E-state index is 0.201. The lowest BCUT2D eigenvalue weighted by Crippen LogP contribution is -2.30. The second kappa shape index (κ2) is 3.47. The summed E-state index contributed by atoms with van der Waals surface area (Å²) < 4.78 is 0. The van der Waals surface area contributed by atoms with Crippen LogP contribution in [0.15, 0.2) is 23.4 Å². The van der Waals surface area contributed by atoms with Crippen LogP contribution in [0, 0.1) is 17.8 Å². The van der Waals surface area contributed by atoms with E-state index in [1.54, 1.807) is 6.92 Å². The lowest BCUT2D eigenvalue weighted by atomic mass is 9.92. The molecule has 2 nitrogen and oxygen atoms in total. The quantitative estimate of drug-likeness (QED) is 0.611. The third-order valence-corrected chi connectivity index (χ3v) is 4.16. The van der Waals surface area contributed by atoms with Crippen LogP contribution < -0.4 is 0 Å². The van der Waals surface area contributed by atoms with Crippen molar-refractivity contribution in [2.24, 2.45) is 17.8 Å². The predicted octanol–water partition coefficient (Wildman–Crippen LogP) is 2.72. The molecule has 2 heteroatoms. The fourth-order valence-electron chi connectivity index (χ4n) is 3.13. The maximum Gasteiger partial charge on any atom is 0.223 e.